The third-order valence-corrected chi connectivity index (χ3v) is 3.78. The predicted molar refractivity (Wildman–Crippen MR) is 72.0 cm³/mol. The Morgan fingerprint density at radius 1 is 1.47 bits per heavy atom. The number of piperidine rings is 1. The fourth-order valence-corrected chi connectivity index (χ4v) is 2.71. The number of imidazole rings is 1. The van der Waals surface area contributed by atoms with Crippen molar-refractivity contribution in [3.05, 3.63) is 34.1 Å². The standard InChI is InChI=1S/C13H16N4O2/c1-16-7-3-2-4-12(16)13-14-10-6-5-9(17(18)19)8-11(10)15-13/h5-6,8,12H,2-4,7H2,1H3,(H,14,15). The summed E-state index contributed by atoms with van der Waals surface area (Å²) < 4.78 is 0. The van der Waals surface area contributed by atoms with Gasteiger partial charge in [0, 0.05) is 12.1 Å². The molecule has 1 aromatic heterocycles. The fraction of sp³-hybridized carbons (Fsp3) is 0.462. The van der Waals surface area contributed by atoms with Gasteiger partial charge in [0.25, 0.3) is 5.69 Å². The SMILES string of the molecule is CN1CCCCC1c1nc2cc([N+](=O)[O-])ccc2[nH]1. The molecule has 6 nitrogen and oxygen atoms in total. The van der Waals surface area contributed by atoms with E-state index in [0.29, 0.717) is 11.6 Å². The number of nitrogens with one attached hydrogen (secondary N) is 1. The Bertz CT molecular complexity index is 622. The Kier molecular flexibility index (Phi) is 2.94. The number of rotatable bonds is 2. The van der Waals surface area contributed by atoms with Gasteiger partial charge in [-0.3, -0.25) is 15.0 Å². The molecule has 1 unspecified atom stereocenters. The Labute approximate surface area is 110 Å². The van der Waals surface area contributed by atoms with Gasteiger partial charge < -0.3 is 4.98 Å². The molecule has 0 amide bonds. The van der Waals surface area contributed by atoms with Crippen molar-refractivity contribution in [1.29, 1.82) is 0 Å². The second kappa shape index (κ2) is 4.62. The van der Waals surface area contributed by atoms with Crippen LogP contribution in [0.2, 0.25) is 0 Å². The van der Waals surface area contributed by atoms with Gasteiger partial charge >= 0.3 is 0 Å². The largest absolute Gasteiger partial charge is 0.341 e. The topological polar surface area (TPSA) is 75.1 Å². The molecule has 1 fully saturated rings. The molecule has 0 radical (unpaired) electrons. The first kappa shape index (κ1) is 12.1. The van der Waals surface area contributed by atoms with Gasteiger partial charge in [-0.1, -0.05) is 6.42 Å². The van der Waals surface area contributed by atoms with Crippen molar-refractivity contribution in [1.82, 2.24) is 14.9 Å². The lowest BCUT2D eigenvalue weighted by Gasteiger charge is -2.30. The summed E-state index contributed by atoms with van der Waals surface area (Å²) in [6.45, 7) is 1.07. The zero-order chi connectivity index (χ0) is 13.4. The number of hydrogen-bond acceptors (Lipinski definition) is 4. The maximum atomic E-state index is 10.8. The number of hydrogen-bond donors (Lipinski definition) is 1. The van der Waals surface area contributed by atoms with Crippen LogP contribution in [0.1, 0.15) is 31.1 Å². The summed E-state index contributed by atoms with van der Waals surface area (Å²) >= 11 is 0. The number of aromatic nitrogens is 2. The van der Waals surface area contributed by atoms with Gasteiger partial charge in [0.2, 0.25) is 0 Å². The van der Waals surface area contributed by atoms with Crippen LogP contribution in [0.4, 0.5) is 5.69 Å². The van der Waals surface area contributed by atoms with E-state index in [1.165, 1.54) is 25.0 Å². The van der Waals surface area contributed by atoms with E-state index in [1.54, 1.807) is 6.07 Å². The van der Waals surface area contributed by atoms with Crippen LogP contribution in [0.5, 0.6) is 0 Å². The molecule has 1 aliphatic rings. The molecular formula is C13H16N4O2. The smallest absolute Gasteiger partial charge is 0.271 e. The van der Waals surface area contributed by atoms with Crippen molar-refractivity contribution in [3.8, 4) is 0 Å². The highest BCUT2D eigenvalue weighted by Gasteiger charge is 2.23. The van der Waals surface area contributed by atoms with E-state index in [9.17, 15) is 10.1 Å². The molecule has 1 saturated heterocycles. The zero-order valence-corrected chi connectivity index (χ0v) is 10.8. The van der Waals surface area contributed by atoms with Gasteiger partial charge in [0.1, 0.15) is 5.82 Å². The quantitative estimate of drug-likeness (QED) is 0.665. The molecule has 2 aromatic rings. The van der Waals surface area contributed by atoms with Crippen molar-refractivity contribution in [3.63, 3.8) is 0 Å². The van der Waals surface area contributed by atoms with Crippen LogP contribution in [0.15, 0.2) is 18.2 Å². The van der Waals surface area contributed by atoms with Crippen LogP contribution in [-0.2, 0) is 0 Å². The van der Waals surface area contributed by atoms with Gasteiger partial charge in [0.05, 0.1) is 22.0 Å². The predicted octanol–water partition coefficient (Wildman–Crippen LogP) is 2.63. The summed E-state index contributed by atoms with van der Waals surface area (Å²) in [6.07, 6.45) is 3.50. The van der Waals surface area contributed by atoms with Gasteiger partial charge in [-0.05, 0) is 32.5 Å². The molecule has 0 bridgehead atoms. The van der Waals surface area contributed by atoms with Gasteiger partial charge in [0.15, 0.2) is 0 Å². The van der Waals surface area contributed by atoms with Crippen molar-refractivity contribution in [2.45, 2.75) is 25.3 Å². The van der Waals surface area contributed by atoms with Crippen LogP contribution < -0.4 is 0 Å². The van der Waals surface area contributed by atoms with E-state index < -0.39 is 0 Å². The van der Waals surface area contributed by atoms with E-state index in [4.69, 9.17) is 0 Å². The Hall–Kier alpha value is -1.95. The molecule has 0 aliphatic carbocycles. The minimum absolute atomic E-state index is 0.0857. The molecular weight excluding hydrogens is 244 g/mol. The van der Waals surface area contributed by atoms with E-state index in [-0.39, 0.29) is 10.6 Å². The van der Waals surface area contributed by atoms with E-state index in [0.717, 1.165) is 24.3 Å². The maximum absolute atomic E-state index is 10.8. The first-order valence-corrected chi connectivity index (χ1v) is 6.49. The highest BCUT2D eigenvalue weighted by Crippen LogP contribution is 2.29. The lowest BCUT2D eigenvalue weighted by molar-refractivity contribution is -0.384. The first-order valence-electron chi connectivity index (χ1n) is 6.49. The highest BCUT2D eigenvalue weighted by molar-refractivity contribution is 5.77. The number of benzene rings is 1. The van der Waals surface area contributed by atoms with Crippen LogP contribution >= 0.6 is 0 Å². The van der Waals surface area contributed by atoms with E-state index in [2.05, 4.69) is 21.9 Å². The normalized spacial score (nSPS) is 20.8. The molecule has 3 rings (SSSR count). The van der Waals surface area contributed by atoms with Gasteiger partial charge in [-0.25, -0.2) is 4.98 Å². The second-order valence-corrected chi connectivity index (χ2v) is 5.07. The molecule has 6 heteroatoms. The molecule has 1 aliphatic heterocycles. The van der Waals surface area contributed by atoms with Gasteiger partial charge in [-0.2, -0.15) is 0 Å². The molecule has 19 heavy (non-hydrogen) atoms. The number of H-pyrrole nitrogens is 1. The summed E-state index contributed by atoms with van der Waals surface area (Å²) in [5.41, 5.74) is 1.62. The monoisotopic (exact) mass is 260 g/mol. The van der Waals surface area contributed by atoms with Crippen molar-refractivity contribution in [2.24, 2.45) is 0 Å². The summed E-state index contributed by atoms with van der Waals surface area (Å²) in [7, 11) is 2.10. The van der Waals surface area contributed by atoms with Crippen LogP contribution in [0.3, 0.4) is 0 Å². The van der Waals surface area contributed by atoms with Crippen molar-refractivity contribution < 1.29 is 4.92 Å². The number of nitro groups is 1. The number of likely N-dealkylation sites (tertiary alicyclic amines) is 1. The molecule has 1 aromatic carbocycles. The van der Waals surface area contributed by atoms with Crippen LogP contribution in [0.25, 0.3) is 11.0 Å². The average molecular weight is 260 g/mol. The van der Waals surface area contributed by atoms with E-state index in [1.807, 2.05) is 0 Å². The second-order valence-electron chi connectivity index (χ2n) is 5.07. The first-order chi connectivity index (χ1) is 9.15. The third-order valence-electron chi connectivity index (χ3n) is 3.78. The maximum Gasteiger partial charge on any atom is 0.271 e. The van der Waals surface area contributed by atoms with Crippen LogP contribution in [-0.4, -0.2) is 33.4 Å². The van der Waals surface area contributed by atoms with Gasteiger partial charge in [-0.15, -0.1) is 0 Å². The summed E-state index contributed by atoms with van der Waals surface area (Å²) in [4.78, 5) is 20.5. The van der Waals surface area contributed by atoms with Crippen molar-refractivity contribution >= 4 is 16.7 Å². The zero-order valence-electron chi connectivity index (χ0n) is 10.8. The summed E-state index contributed by atoms with van der Waals surface area (Å²) in [5, 5.41) is 10.8. The number of fused-ring (bicyclic) bond motifs is 1. The molecule has 0 saturated carbocycles. The fourth-order valence-electron chi connectivity index (χ4n) is 2.71. The lowest BCUT2D eigenvalue weighted by atomic mass is 10.0. The van der Waals surface area contributed by atoms with E-state index >= 15 is 0 Å². The summed E-state index contributed by atoms with van der Waals surface area (Å²) in [6, 6.07) is 5.06. The number of non-ortho nitro benzene ring substituents is 1. The Morgan fingerprint density at radius 3 is 3.05 bits per heavy atom. The third kappa shape index (κ3) is 2.19. The molecule has 100 valence electrons. The molecule has 2 heterocycles. The molecule has 1 N–H and O–H groups in total. The molecule has 0 spiro atoms. The molecule has 1 atom stereocenters. The number of nitro benzene ring substituents is 1. The Balaban J connectivity index is 1.99. The lowest BCUT2D eigenvalue weighted by Crippen LogP contribution is -2.30. The average Bonchev–Trinajstić information content (AvgIpc) is 2.81. The minimum atomic E-state index is -0.388. The van der Waals surface area contributed by atoms with Crippen LogP contribution in [0, 0.1) is 10.1 Å². The highest BCUT2D eigenvalue weighted by atomic mass is 16.6. The Morgan fingerprint density at radius 2 is 2.32 bits per heavy atom. The number of nitrogens with zero attached hydrogens (tertiary/aromatic N) is 3. The number of aromatic amines is 1. The summed E-state index contributed by atoms with van der Waals surface area (Å²) in [5.74, 6) is 0.915. The minimum Gasteiger partial charge on any atom is -0.341 e. The van der Waals surface area contributed by atoms with Crippen molar-refractivity contribution in [2.75, 3.05) is 13.6 Å².